The van der Waals surface area contributed by atoms with E-state index in [1.807, 2.05) is 24.3 Å². The molecule has 0 fully saturated rings. The minimum absolute atomic E-state index is 0.660. The molecule has 0 saturated carbocycles. The highest BCUT2D eigenvalue weighted by molar-refractivity contribution is 5.72. The van der Waals surface area contributed by atoms with Crippen molar-refractivity contribution in [3.8, 4) is 56.4 Å². The van der Waals surface area contributed by atoms with E-state index in [1.165, 1.54) is 16.7 Å². The van der Waals surface area contributed by atoms with Crippen LogP contribution in [-0.2, 0) is 0 Å². The van der Waals surface area contributed by atoms with E-state index in [2.05, 4.69) is 116 Å². The van der Waals surface area contributed by atoms with Crippen LogP contribution >= 0.6 is 0 Å². The molecule has 0 N–H and O–H groups in total. The molecule has 0 aliphatic heterocycles. The maximum Gasteiger partial charge on any atom is 0.164 e. The molecular weight excluding hydrogens is 450 g/mol. The summed E-state index contributed by atoms with van der Waals surface area (Å²) in [6.07, 6.45) is 0. The zero-order valence-corrected chi connectivity index (χ0v) is 20.5. The van der Waals surface area contributed by atoms with Crippen molar-refractivity contribution in [1.82, 2.24) is 15.0 Å². The van der Waals surface area contributed by atoms with Gasteiger partial charge in [-0.15, -0.1) is 0 Å². The van der Waals surface area contributed by atoms with Crippen LogP contribution in [0.2, 0.25) is 0 Å². The third-order valence-electron chi connectivity index (χ3n) is 6.41. The van der Waals surface area contributed by atoms with Gasteiger partial charge >= 0.3 is 0 Å². The van der Waals surface area contributed by atoms with Crippen LogP contribution < -0.4 is 0 Å². The zero-order valence-electron chi connectivity index (χ0n) is 20.5. The number of aryl methyl sites for hydroxylation is 1. The third kappa shape index (κ3) is 4.93. The molecule has 0 amide bonds. The summed E-state index contributed by atoms with van der Waals surface area (Å²) in [7, 11) is 0. The smallest absolute Gasteiger partial charge is 0.164 e. The van der Waals surface area contributed by atoms with E-state index in [1.54, 1.807) is 0 Å². The Labute approximate surface area is 217 Å². The molecule has 0 aliphatic rings. The summed E-state index contributed by atoms with van der Waals surface area (Å²) in [4.78, 5) is 14.7. The van der Waals surface area contributed by atoms with Gasteiger partial charge < -0.3 is 0 Å². The second-order valence-electron chi connectivity index (χ2n) is 9.06. The Balaban J connectivity index is 1.42. The van der Waals surface area contributed by atoms with Crippen molar-refractivity contribution in [1.29, 1.82) is 0 Å². The summed E-state index contributed by atoms with van der Waals surface area (Å²) in [6, 6.07) is 45.8. The molecule has 0 bridgehead atoms. The number of rotatable bonds is 5. The van der Waals surface area contributed by atoms with Crippen LogP contribution in [0.5, 0.6) is 0 Å². The molecule has 1 heterocycles. The van der Waals surface area contributed by atoms with Crippen LogP contribution in [0.1, 0.15) is 5.56 Å². The molecule has 3 nitrogen and oxygen atoms in total. The summed E-state index contributed by atoms with van der Waals surface area (Å²) < 4.78 is 0. The molecule has 0 saturated heterocycles. The molecule has 0 atom stereocenters. The standard InChI is InChI=1S/C34H25N3/c1-24-9-8-14-31(23-24)34-36-32(29-19-15-27(16-20-29)25-10-4-2-5-11-25)35-33(37-34)30-21-17-28(18-22-30)26-12-6-3-7-13-26/h2-23H,1H3. The molecule has 0 aliphatic carbocycles. The van der Waals surface area contributed by atoms with E-state index >= 15 is 0 Å². The van der Waals surface area contributed by atoms with E-state index in [0.717, 1.165) is 27.8 Å². The molecule has 1 aromatic heterocycles. The molecule has 5 aromatic carbocycles. The average Bonchev–Trinajstić information content (AvgIpc) is 2.98. The van der Waals surface area contributed by atoms with Crippen LogP contribution in [0.15, 0.2) is 133 Å². The van der Waals surface area contributed by atoms with E-state index in [4.69, 9.17) is 15.0 Å². The summed E-state index contributed by atoms with van der Waals surface area (Å²) >= 11 is 0. The fourth-order valence-electron chi connectivity index (χ4n) is 4.43. The molecule has 0 unspecified atom stereocenters. The summed E-state index contributed by atoms with van der Waals surface area (Å²) in [5.41, 5.74) is 8.75. The number of nitrogens with zero attached hydrogens (tertiary/aromatic N) is 3. The highest BCUT2D eigenvalue weighted by atomic mass is 15.0. The van der Waals surface area contributed by atoms with Crippen molar-refractivity contribution in [3.63, 3.8) is 0 Å². The monoisotopic (exact) mass is 475 g/mol. The molecule has 6 aromatic rings. The lowest BCUT2D eigenvalue weighted by Gasteiger charge is -2.10. The molecule has 3 heteroatoms. The zero-order chi connectivity index (χ0) is 25.0. The van der Waals surface area contributed by atoms with E-state index < -0.39 is 0 Å². The second kappa shape index (κ2) is 10.00. The van der Waals surface area contributed by atoms with Gasteiger partial charge in [-0.1, -0.05) is 133 Å². The molecular formula is C34H25N3. The average molecular weight is 476 g/mol. The Morgan fingerprint density at radius 3 is 1.11 bits per heavy atom. The normalized spacial score (nSPS) is 10.8. The van der Waals surface area contributed by atoms with Crippen molar-refractivity contribution in [2.45, 2.75) is 6.92 Å². The van der Waals surface area contributed by atoms with Gasteiger partial charge in [0.1, 0.15) is 0 Å². The van der Waals surface area contributed by atoms with Gasteiger partial charge in [-0.2, -0.15) is 0 Å². The van der Waals surface area contributed by atoms with E-state index in [0.29, 0.717) is 17.5 Å². The first-order valence-electron chi connectivity index (χ1n) is 12.4. The number of hydrogen-bond donors (Lipinski definition) is 0. The molecule has 37 heavy (non-hydrogen) atoms. The third-order valence-corrected chi connectivity index (χ3v) is 6.41. The first-order chi connectivity index (χ1) is 18.2. The maximum absolute atomic E-state index is 4.90. The van der Waals surface area contributed by atoms with Gasteiger partial charge in [0.05, 0.1) is 0 Å². The molecule has 0 spiro atoms. The minimum Gasteiger partial charge on any atom is -0.208 e. The van der Waals surface area contributed by atoms with E-state index in [9.17, 15) is 0 Å². The van der Waals surface area contributed by atoms with Crippen molar-refractivity contribution >= 4 is 0 Å². The van der Waals surface area contributed by atoms with Crippen LogP contribution in [0.25, 0.3) is 56.4 Å². The first-order valence-corrected chi connectivity index (χ1v) is 12.4. The van der Waals surface area contributed by atoms with Crippen molar-refractivity contribution in [2.75, 3.05) is 0 Å². The molecule has 176 valence electrons. The van der Waals surface area contributed by atoms with Gasteiger partial charge in [0.2, 0.25) is 0 Å². The van der Waals surface area contributed by atoms with Crippen LogP contribution in [0.3, 0.4) is 0 Å². The molecule has 0 radical (unpaired) electrons. The predicted molar refractivity (Wildman–Crippen MR) is 152 cm³/mol. The summed E-state index contributed by atoms with van der Waals surface area (Å²) in [5, 5.41) is 0. The minimum atomic E-state index is 0.660. The second-order valence-corrected chi connectivity index (χ2v) is 9.06. The van der Waals surface area contributed by atoms with Gasteiger partial charge in [0.15, 0.2) is 17.5 Å². The number of benzene rings is 5. The topological polar surface area (TPSA) is 38.7 Å². The van der Waals surface area contributed by atoms with Gasteiger partial charge in [-0.3, -0.25) is 0 Å². The van der Waals surface area contributed by atoms with Crippen LogP contribution in [0, 0.1) is 6.92 Å². The van der Waals surface area contributed by atoms with Crippen molar-refractivity contribution in [2.24, 2.45) is 0 Å². The van der Waals surface area contributed by atoms with Crippen LogP contribution in [0.4, 0.5) is 0 Å². The first kappa shape index (κ1) is 22.6. The number of aromatic nitrogens is 3. The Hall–Kier alpha value is -4.89. The predicted octanol–water partition coefficient (Wildman–Crippen LogP) is 8.52. The van der Waals surface area contributed by atoms with Crippen molar-refractivity contribution < 1.29 is 0 Å². The molecule has 6 rings (SSSR count). The summed E-state index contributed by atoms with van der Waals surface area (Å²) in [6.45, 7) is 2.08. The Morgan fingerprint density at radius 1 is 0.324 bits per heavy atom. The fraction of sp³-hybridized carbons (Fsp3) is 0.0294. The Bertz CT molecular complexity index is 1540. The van der Waals surface area contributed by atoms with Gasteiger partial charge in [-0.05, 0) is 35.2 Å². The number of hydrogen-bond acceptors (Lipinski definition) is 3. The highest BCUT2D eigenvalue weighted by Crippen LogP contribution is 2.28. The van der Waals surface area contributed by atoms with Gasteiger partial charge in [-0.25, -0.2) is 15.0 Å². The van der Waals surface area contributed by atoms with E-state index in [-0.39, 0.29) is 0 Å². The van der Waals surface area contributed by atoms with Crippen molar-refractivity contribution in [3.05, 3.63) is 139 Å². The fourth-order valence-corrected chi connectivity index (χ4v) is 4.43. The van der Waals surface area contributed by atoms with Crippen LogP contribution in [-0.4, -0.2) is 15.0 Å². The van der Waals surface area contributed by atoms with Gasteiger partial charge in [0, 0.05) is 16.7 Å². The Kier molecular flexibility index (Phi) is 6.10. The lowest BCUT2D eigenvalue weighted by atomic mass is 10.0. The van der Waals surface area contributed by atoms with Gasteiger partial charge in [0.25, 0.3) is 0 Å². The largest absolute Gasteiger partial charge is 0.208 e. The Morgan fingerprint density at radius 2 is 0.676 bits per heavy atom. The SMILES string of the molecule is Cc1cccc(-c2nc(-c3ccc(-c4ccccc4)cc3)nc(-c3ccc(-c4ccccc4)cc3)n2)c1. The lowest BCUT2D eigenvalue weighted by molar-refractivity contribution is 1.07. The maximum atomic E-state index is 4.90. The summed E-state index contributed by atoms with van der Waals surface area (Å²) in [5.74, 6) is 1.99. The lowest BCUT2D eigenvalue weighted by Crippen LogP contribution is -2.00. The highest BCUT2D eigenvalue weighted by Gasteiger charge is 2.13. The quantitative estimate of drug-likeness (QED) is 0.251.